The average molecular weight is 238 g/mol. The van der Waals surface area contributed by atoms with Crippen LogP contribution in [-0.2, 0) is 9.53 Å². The molecule has 0 aromatic rings. The van der Waals surface area contributed by atoms with Gasteiger partial charge in [-0.2, -0.15) is 0 Å². The Morgan fingerprint density at radius 2 is 2.12 bits per heavy atom. The monoisotopic (exact) mass is 238 g/mol. The van der Waals surface area contributed by atoms with Crippen LogP contribution in [0.4, 0.5) is 0 Å². The van der Waals surface area contributed by atoms with Crippen LogP contribution in [0.15, 0.2) is 0 Å². The average Bonchev–Trinajstić information content (AvgIpc) is 2.82. The molecule has 0 aromatic heterocycles. The molecular formula is C13H22N2O2. The number of nitrogens with one attached hydrogen (secondary N) is 1. The molecule has 4 nitrogen and oxygen atoms in total. The summed E-state index contributed by atoms with van der Waals surface area (Å²) in [6, 6.07) is 0.484. The zero-order chi connectivity index (χ0) is 11.7. The summed E-state index contributed by atoms with van der Waals surface area (Å²) in [5.41, 5.74) is -0.0780. The van der Waals surface area contributed by atoms with Crippen molar-refractivity contribution in [2.75, 3.05) is 26.2 Å². The molecule has 2 aliphatic heterocycles. The third kappa shape index (κ3) is 2.20. The minimum Gasteiger partial charge on any atom is -0.362 e. The molecule has 3 rings (SSSR count). The molecule has 0 radical (unpaired) electrons. The van der Waals surface area contributed by atoms with E-state index in [2.05, 4.69) is 10.2 Å². The van der Waals surface area contributed by atoms with Crippen LogP contribution in [0.2, 0.25) is 0 Å². The number of hydrogen-bond acceptors (Lipinski definition) is 3. The SMILES string of the molecule is O=C1COC2(CCNC2)CN1C1CCCCC1. The van der Waals surface area contributed by atoms with E-state index in [-0.39, 0.29) is 18.1 Å². The van der Waals surface area contributed by atoms with Gasteiger partial charge in [0.2, 0.25) is 5.91 Å². The van der Waals surface area contributed by atoms with Crippen molar-refractivity contribution in [2.24, 2.45) is 0 Å². The highest BCUT2D eigenvalue weighted by Gasteiger charge is 2.43. The fourth-order valence-corrected chi connectivity index (χ4v) is 3.45. The Morgan fingerprint density at radius 1 is 1.29 bits per heavy atom. The normalized spacial score (nSPS) is 35.8. The summed E-state index contributed by atoms with van der Waals surface area (Å²) in [4.78, 5) is 14.1. The van der Waals surface area contributed by atoms with Crippen molar-refractivity contribution >= 4 is 5.91 Å². The van der Waals surface area contributed by atoms with Gasteiger partial charge in [0.25, 0.3) is 0 Å². The Labute approximate surface area is 103 Å². The molecule has 1 amide bonds. The minimum absolute atomic E-state index is 0.0780. The van der Waals surface area contributed by atoms with Crippen molar-refractivity contribution < 1.29 is 9.53 Å². The van der Waals surface area contributed by atoms with Crippen molar-refractivity contribution in [3.8, 4) is 0 Å². The molecule has 17 heavy (non-hydrogen) atoms. The smallest absolute Gasteiger partial charge is 0.248 e. The first-order valence-electron chi connectivity index (χ1n) is 6.93. The lowest BCUT2D eigenvalue weighted by Gasteiger charge is -2.44. The van der Waals surface area contributed by atoms with E-state index in [0.29, 0.717) is 6.04 Å². The molecule has 2 heterocycles. The van der Waals surface area contributed by atoms with E-state index in [1.165, 1.54) is 32.1 Å². The topological polar surface area (TPSA) is 41.6 Å². The first-order valence-corrected chi connectivity index (χ1v) is 6.93. The molecule has 1 unspecified atom stereocenters. The van der Waals surface area contributed by atoms with Gasteiger partial charge in [0, 0.05) is 12.6 Å². The van der Waals surface area contributed by atoms with E-state index in [1.54, 1.807) is 0 Å². The van der Waals surface area contributed by atoms with Crippen LogP contribution in [-0.4, -0.2) is 48.7 Å². The van der Waals surface area contributed by atoms with E-state index < -0.39 is 0 Å². The van der Waals surface area contributed by atoms with Gasteiger partial charge in [-0.15, -0.1) is 0 Å². The summed E-state index contributed by atoms with van der Waals surface area (Å²) in [6.45, 7) is 3.03. The Balaban J connectivity index is 1.70. The van der Waals surface area contributed by atoms with Crippen LogP contribution in [0, 0.1) is 0 Å². The van der Waals surface area contributed by atoms with E-state index in [4.69, 9.17) is 4.74 Å². The number of nitrogens with zero attached hydrogens (tertiary/aromatic N) is 1. The zero-order valence-corrected chi connectivity index (χ0v) is 10.4. The molecule has 4 heteroatoms. The Morgan fingerprint density at radius 3 is 2.82 bits per heavy atom. The molecule has 1 saturated carbocycles. The maximum absolute atomic E-state index is 12.0. The van der Waals surface area contributed by atoms with Gasteiger partial charge in [-0.05, 0) is 25.8 Å². The van der Waals surface area contributed by atoms with E-state index in [1.807, 2.05) is 0 Å². The van der Waals surface area contributed by atoms with Crippen LogP contribution in [0.3, 0.4) is 0 Å². The number of ether oxygens (including phenoxy) is 1. The molecule has 0 bridgehead atoms. The van der Waals surface area contributed by atoms with Crippen molar-refractivity contribution in [1.29, 1.82) is 0 Å². The molecule has 3 aliphatic rings. The standard InChI is InChI=1S/C13H22N2O2/c16-12-8-17-13(6-7-14-9-13)10-15(12)11-4-2-1-3-5-11/h11,14H,1-10H2. The Hall–Kier alpha value is -0.610. The predicted octanol–water partition coefficient (Wildman–Crippen LogP) is 0.910. The van der Waals surface area contributed by atoms with Gasteiger partial charge in [0.1, 0.15) is 6.61 Å². The highest BCUT2D eigenvalue weighted by molar-refractivity contribution is 5.78. The lowest BCUT2D eigenvalue weighted by atomic mass is 9.91. The van der Waals surface area contributed by atoms with Crippen molar-refractivity contribution in [2.45, 2.75) is 50.2 Å². The van der Waals surface area contributed by atoms with Gasteiger partial charge in [-0.25, -0.2) is 0 Å². The molecule has 1 N–H and O–H groups in total. The molecule has 1 spiro atoms. The van der Waals surface area contributed by atoms with E-state index >= 15 is 0 Å². The summed E-state index contributed by atoms with van der Waals surface area (Å²) in [5.74, 6) is 0.203. The number of morpholine rings is 1. The van der Waals surface area contributed by atoms with Gasteiger partial charge >= 0.3 is 0 Å². The quantitative estimate of drug-likeness (QED) is 0.738. The number of rotatable bonds is 1. The molecule has 2 saturated heterocycles. The highest BCUT2D eigenvalue weighted by Crippen LogP contribution is 2.30. The summed E-state index contributed by atoms with van der Waals surface area (Å²) < 4.78 is 5.81. The molecule has 0 aromatic carbocycles. The summed E-state index contributed by atoms with van der Waals surface area (Å²) in [7, 11) is 0. The number of amides is 1. The highest BCUT2D eigenvalue weighted by atomic mass is 16.5. The fraction of sp³-hybridized carbons (Fsp3) is 0.923. The maximum atomic E-state index is 12.0. The van der Waals surface area contributed by atoms with Crippen LogP contribution >= 0.6 is 0 Å². The van der Waals surface area contributed by atoms with E-state index in [0.717, 1.165) is 26.1 Å². The number of hydrogen-bond donors (Lipinski definition) is 1. The van der Waals surface area contributed by atoms with Gasteiger partial charge in [0.15, 0.2) is 0 Å². The second-order valence-corrected chi connectivity index (χ2v) is 5.71. The van der Waals surface area contributed by atoms with Gasteiger partial charge in [-0.1, -0.05) is 19.3 Å². The van der Waals surface area contributed by atoms with Crippen molar-refractivity contribution in [1.82, 2.24) is 10.2 Å². The largest absolute Gasteiger partial charge is 0.362 e. The van der Waals surface area contributed by atoms with Crippen LogP contribution in [0.5, 0.6) is 0 Å². The maximum Gasteiger partial charge on any atom is 0.248 e. The number of carbonyl (C=O) groups excluding carboxylic acids is 1. The minimum atomic E-state index is -0.0780. The van der Waals surface area contributed by atoms with Crippen molar-refractivity contribution in [3.05, 3.63) is 0 Å². The van der Waals surface area contributed by atoms with Crippen LogP contribution < -0.4 is 5.32 Å². The lowest BCUT2D eigenvalue weighted by Crippen LogP contribution is -2.58. The van der Waals surface area contributed by atoms with Crippen LogP contribution in [0.25, 0.3) is 0 Å². The molecule has 3 fully saturated rings. The summed E-state index contributed by atoms with van der Waals surface area (Å²) in [6.07, 6.45) is 7.32. The first-order chi connectivity index (χ1) is 8.29. The second kappa shape index (κ2) is 4.58. The fourth-order valence-electron chi connectivity index (χ4n) is 3.45. The molecule has 1 aliphatic carbocycles. The Bertz CT molecular complexity index is 294. The Kier molecular flexibility index (Phi) is 3.09. The summed E-state index contributed by atoms with van der Waals surface area (Å²) in [5, 5.41) is 3.36. The number of carbonyl (C=O) groups is 1. The van der Waals surface area contributed by atoms with Gasteiger partial charge < -0.3 is 15.0 Å². The molecule has 96 valence electrons. The van der Waals surface area contributed by atoms with Crippen LogP contribution in [0.1, 0.15) is 38.5 Å². The third-order valence-corrected chi connectivity index (χ3v) is 4.50. The zero-order valence-electron chi connectivity index (χ0n) is 10.4. The van der Waals surface area contributed by atoms with Crippen molar-refractivity contribution in [3.63, 3.8) is 0 Å². The summed E-state index contributed by atoms with van der Waals surface area (Å²) >= 11 is 0. The van der Waals surface area contributed by atoms with Gasteiger partial charge in [-0.3, -0.25) is 4.79 Å². The molecule has 1 atom stereocenters. The van der Waals surface area contributed by atoms with Gasteiger partial charge in [0.05, 0.1) is 12.1 Å². The van der Waals surface area contributed by atoms with E-state index in [9.17, 15) is 4.79 Å². The third-order valence-electron chi connectivity index (χ3n) is 4.50. The second-order valence-electron chi connectivity index (χ2n) is 5.71. The lowest BCUT2D eigenvalue weighted by molar-refractivity contribution is -0.165. The molecular weight excluding hydrogens is 216 g/mol. The first kappa shape index (κ1) is 11.5. The predicted molar refractivity (Wildman–Crippen MR) is 64.8 cm³/mol.